The van der Waals surface area contributed by atoms with Crippen molar-refractivity contribution in [2.45, 2.75) is 31.5 Å². The van der Waals surface area contributed by atoms with Crippen molar-refractivity contribution >= 4 is 5.91 Å². The average Bonchev–Trinajstić information content (AvgIpc) is 3.40. The molecular formula is C19H22N2O2. The van der Waals surface area contributed by atoms with E-state index in [9.17, 15) is 9.90 Å². The number of nitrogens with zero attached hydrogens (tertiary/aromatic N) is 1. The largest absolute Gasteiger partial charge is 0.387 e. The molecule has 2 aromatic rings. The first-order chi connectivity index (χ1) is 11.1. The highest BCUT2D eigenvalue weighted by Crippen LogP contribution is 2.30. The van der Waals surface area contributed by atoms with Crippen molar-refractivity contribution in [3.8, 4) is 0 Å². The molecule has 4 nitrogen and oxygen atoms in total. The first kappa shape index (κ1) is 15.7. The number of carbonyl (C=O) groups excluding carboxylic acids is 1. The van der Waals surface area contributed by atoms with Crippen LogP contribution in [0.25, 0.3) is 0 Å². The van der Waals surface area contributed by atoms with Crippen molar-refractivity contribution < 1.29 is 9.90 Å². The molecule has 1 fully saturated rings. The summed E-state index contributed by atoms with van der Waals surface area (Å²) >= 11 is 0. The molecule has 1 aliphatic rings. The van der Waals surface area contributed by atoms with Gasteiger partial charge in [-0.25, -0.2) is 0 Å². The van der Waals surface area contributed by atoms with Gasteiger partial charge in [0.05, 0.1) is 6.10 Å². The second kappa shape index (κ2) is 6.94. The number of primary amides is 1. The molecule has 2 aromatic carbocycles. The molecule has 0 aromatic heterocycles. The molecule has 3 rings (SSSR count). The second-order valence-corrected chi connectivity index (χ2v) is 6.15. The SMILES string of the molecule is NC(=O)c1ccc(CN(C[C@H](O)c2ccccc2)C2CC2)cc1. The standard InChI is InChI=1S/C19H22N2O2/c20-19(23)16-8-6-14(7-9-16)12-21(17-10-11-17)13-18(22)15-4-2-1-3-5-15/h1-9,17-18,22H,10-13H2,(H2,20,23)/t18-/m0/s1. The van der Waals surface area contributed by atoms with Crippen LogP contribution < -0.4 is 5.73 Å². The van der Waals surface area contributed by atoms with Gasteiger partial charge in [-0.1, -0.05) is 42.5 Å². The topological polar surface area (TPSA) is 66.6 Å². The van der Waals surface area contributed by atoms with E-state index >= 15 is 0 Å². The molecular weight excluding hydrogens is 288 g/mol. The molecule has 0 heterocycles. The van der Waals surface area contributed by atoms with Crippen LogP contribution in [-0.2, 0) is 6.54 Å². The van der Waals surface area contributed by atoms with E-state index in [0.717, 1.165) is 17.7 Å². The lowest BCUT2D eigenvalue weighted by molar-refractivity contribution is 0.100. The fraction of sp³-hybridized carbons (Fsp3) is 0.316. The third-order valence-corrected chi connectivity index (χ3v) is 4.28. The Kier molecular flexibility index (Phi) is 4.74. The van der Waals surface area contributed by atoms with Crippen molar-refractivity contribution in [2.75, 3.05) is 6.54 Å². The van der Waals surface area contributed by atoms with E-state index in [-0.39, 0.29) is 0 Å². The highest BCUT2D eigenvalue weighted by molar-refractivity contribution is 5.92. The van der Waals surface area contributed by atoms with Crippen LogP contribution >= 0.6 is 0 Å². The van der Waals surface area contributed by atoms with Crippen LogP contribution in [0.1, 0.15) is 40.4 Å². The zero-order valence-electron chi connectivity index (χ0n) is 13.1. The van der Waals surface area contributed by atoms with Gasteiger partial charge in [0.15, 0.2) is 0 Å². The predicted molar refractivity (Wildman–Crippen MR) is 89.8 cm³/mol. The Balaban J connectivity index is 1.66. The molecule has 120 valence electrons. The Morgan fingerprint density at radius 1 is 1.13 bits per heavy atom. The maximum Gasteiger partial charge on any atom is 0.248 e. The molecule has 1 saturated carbocycles. The molecule has 0 saturated heterocycles. The minimum absolute atomic E-state index is 0.407. The van der Waals surface area contributed by atoms with Crippen LogP contribution in [0, 0.1) is 0 Å². The van der Waals surface area contributed by atoms with Gasteiger partial charge in [-0.15, -0.1) is 0 Å². The summed E-state index contributed by atoms with van der Waals surface area (Å²) < 4.78 is 0. The molecule has 1 atom stereocenters. The summed E-state index contributed by atoms with van der Waals surface area (Å²) in [6, 6.07) is 17.7. The monoisotopic (exact) mass is 310 g/mol. The summed E-state index contributed by atoms with van der Waals surface area (Å²) in [7, 11) is 0. The summed E-state index contributed by atoms with van der Waals surface area (Å²) in [4.78, 5) is 13.5. The molecule has 0 aliphatic heterocycles. The van der Waals surface area contributed by atoms with E-state index in [2.05, 4.69) is 4.90 Å². The van der Waals surface area contributed by atoms with E-state index in [1.54, 1.807) is 12.1 Å². The number of aliphatic hydroxyl groups excluding tert-OH is 1. The Morgan fingerprint density at radius 2 is 1.78 bits per heavy atom. The Morgan fingerprint density at radius 3 is 2.35 bits per heavy atom. The van der Waals surface area contributed by atoms with Gasteiger partial charge in [0.2, 0.25) is 5.91 Å². The van der Waals surface area contributed by atoms with Crippen molar-refractivity contribution in [1.82, 2.24) is 4.90 Å². The van der Waals surface area contributed by atoms with Gasteiger partial charge in [-0.2, -0.15) is 0 Å². The minimum atomic E-state index is -0.485. The van der Waals surface area contributed by atoms with Crippen LogP contribution in [0.2, 0.25) is 0 Å². The number of hydrogen-bond acceptors (Lipinski definition) is 3. The smallest absolute Gasteiger partial charge is 0.248 e. The summed E-state index contributed by atoms with van der Waals surface area (Å²) in [5.41, 5.74) is 7.87. The third-order valence-electron chi connectivity index (χ3n) is 4.28. The molecule has 3 N–H and O–H groups in total. The van der Waals surface area contributed by atoms with Crippen molar-refractivity contribution in [3.63, 3.8) is 0 Å². The second-order valence-electron chi connectivity index (χ2n) is 6.15. The number of aliphatic hydroxyl groups is 1. The van der Waals surface area contributed by atoms with Crippen LogP contribution in [-0.4, -0.2) is 28.5 Å². The van der Waals surface area contributed by atoms with E-state index < -0.39 is 12.0 Å². The number of rotatable bonds is 7. The first-order valence-corrected chi connectivity index (χ1v) is 7.99. The fourth-order valence-electron chi connectivity index (χ4n) is 2.79. The quantitative estimate of drug-likeness (QED) is 0.825. The molecule has 1 amide bonds. The molecule has 1 aliphatic carbocycles. The average molecular weight is 310 g/mol. The number of benzene rings is 2. The summed E-state index contributed by atoms with van der Waals surface area (Å²) in [5.74, 6) is -0.407. The normalized spacial score (nSPS) is 15.6. The zero-order chi connectivity index (χ0) is 16.2. The van der Waals surface area contributed by atoms with Crippen LogP contribution in [0.4, 0.5) is 0 Å². The van der Waals surface area contributed by atoms with Gasteiger partial charge in [0.25, 0.3) is 0 Å². The summed E-state index contributed by atoms with van der Waals surface area (Å²) in [5, 5.41) is 10.5. The van der Waals surface area contributed by atoms with Gasteiger partial charge >= 0.3 is 0 Å². The zero-order valence-corrected chi connectivity index (χ0v) is 13.1. The molecule has 0 spiro atoms. The van der Waals surface area contributed by atoms with Gasteiger partial charge in [0, 0.05) is 24.7 Å². The Hall–Kier alpha value is -2.17. The molecule has 0 radical (unpaired) electrons. The van der Waals surface area contributed by atoms with Crippen LogP contribution in [0.3, 0.4) is 0 Å². The molecule has 0 bridgehead atoms. The lowest BCUT2D eigenvalue weighted by atomic mass is 10.1. The lowest BCUT2D eigenvalue weighted by Crippen LogP contribution is -2.30. The van der Waals surface area contributed by atoms with E-state index in [4.69, 9.17) is 5.73 Å². The highest BCUT2D eigenvalue weighted by Gasteiger charge is 2.30. The minimum Gasteiger partial charge on any atom is -0.387 e. The predicted octanol–water partition coefficient (Wildman–Crippen LogP) is 2.48. The first-order valence-electron chi connectivity index (χ1n) is 7.99. The molecule has 23 heavy (non-hydrogen) atoms. The van der Waals surface area contributed by atoms with Gasteiger partial charge in [-0.05, 0) is 36.1 Å². The van der Waals surface area contributed by atoms with Crippen LogP contribution in [0.5, 0.6) is 0 Å². The van der Waals surface area contributed by atoms with Gasteiger partial charge < -0.3 is 10.8 Å². The highest BCUT2D eigenvalue weighted by atomic mass is 16.3. The van der Waals surface area contributed by atoms with Crippen molar-refractivity contribution in [1.29, 1.82) is 0 Å². The third kappa shape index (κ3) is 4.18. The van der Waals surface area contributed by atoms with Crippen molar-refractivity contribution in [3.05, 3.63) is 71.3 Å². The lowest BCUT2D eigenvalue weighted by Gasteiger charge is -2.25. The fourth-order valence-corrected chi connectivity index (χ4v) is 2.79. The molecule has 4 heteroatoms. The van der Waals surface area contributed by atoms with Crippen LogP contribution in [0.15, 0.2) is 54.6 Å². The number of hydrogen-bond donors (Lipinski definition) is 2. The number of amides is 1. The Labute approximate surface area is 136 Å². The molecule has 0 unspecified atom stereocenters. The number of carbonyl (C=O) groups is 1. The maximum atomic E-state index is 11.1. The van der Waals surface area contributed by atoms with E-state index in [0.29, 0.717) is 18.2 Å². The number of nitrogens with two attached hydrogens (primary N) is 1. The van der Waals surface area contributed by atoms with Gasteiger partial charge in [0.1, 0.15) is 0 Å². The summed E-state index contributed by atoms with van der Waals surface area (Å²) in [6.07, 6.45) is 1.88. The maximum absolute atomic E-state index is 11.1. The van der Waals surface area contributed by atoms with E-state index in [1.807, 2.05) is 42.5 Å². The van der Waals surface area contributed by atoms with Gasteiger partial charge in [-0.3, -0.25) is 9.69 Å². The van der Waals surface area contributed by atoms with E-state index in [1.165, 1.54) is 12.8 Å². The van der Waals surface area contributed by atoms with Crippen molar-refractivity contribution in [2.24, 2.45) is 5.73 Å². The Bertz CT molecular complexity index is 651. The summed E-state index contributed by atoms with van der Waals surface area (Å²) in [6.45, 7) is 1.39.